The van der Waals surface area contributed by atoms with Crippen LogP contribution in [-0.2, 0) is 5.75 Å². The molecule has 96 valence electrons. The fourth-order valence-electron chi connectivity index (χ4n) is 1.93. The van der Waals surface area contributed by atoms with Crippen LogP contribution in [0.15, 0.2) is 57.2 Å². The van der Waals surface area contributed by atoms with Gasteiger partial charge in [0, 0.05) is 25.5 Å². The summed E-state index contributed by atoms with van der Waals surface area (Å²) in [6.07, 6.45) is 0. The number of thiophene rings is 1. The molecule has 2 N–H and O–H groups in total. The highest BCUT2D eigenvalue weighted by Gasteiger charge is 2.06. The van der Waals surface area contributed by atoms with E-state index < -0.39 is 0 Å². The minimum absolute atomic E-state index is 0.789. The molecule has 0 spiro atoms. The normalized spacial score (nSPS) is 11.0. The summed E-state index contributed by atoms with van der Waals surface area (Å²) in [6.45, 7) is 0. The number of halogens is 1. The van der Waals surface area contributed by atoms with E-state index in [1.54, 1.807) is 0 Å². The largest absolute Gasteiger partial charge is 0.399 e. The molecule has 1 nitrogen and oxygen atoms in total. The Kier molecular flexibility index (Phi) is 3.82. The van der Waals surface area contributed by atoms with Crippen LogP contribution in [0.5, 0.6) is 0 Å². The van der Waals surface area contributed by atoms with E-state index in [2.05, 4.69) is 51.6 Å². The van der Waals surface area contributed by atoms with Gasteiger partial charge in [-0.3, -0.25) is 0 Å². The third kappa shape index (κ3) is 2.81. The second-order valence-electron chi connectivity index (χ2n) is 4.24. The molecule has 0 aliphatic rings. The Labute approximate surface area is 129 Å². The van der Waals surface area contributed by atoms with Gasteiger partial charge in [-0.05, 0) is 56.5 Å². The molecule has 0 aliphatic carbocycles. The van der Waals surface area contributed by atoms with Gasteiger partial charge in [-0.2, -0.15) is 0 Å². The van der Waals surface area contributed by atoms with Crippen LogP contribution in [-0.4, -0.2) is 0 Å². The molecule has 1 heterocycles. The van der Waals surface area contributed by atoms with Crippen LogP contribution >= 0.6 is 39.0 Å². The number of hydrogen-bond donors (Lipinski definition) is 1. The predicted molar refractivity (Wildman–Crippen MR) is 89.9 cm³/mol. The van der Waals surface area contributed by atoms with Gasteiger partial charge in [0.15, 0.2) is 0 Å². The maximum Gasteiger partial charge on any atom is 0.0345 e. The number of benzene rings is 2. The van der Waals surface area contributed by atoms with Crippen molar-refractivity contribution in [3.05, 3.63) is 57.9 Å². The van der Waals surface area contributed by atoms with Gasteiger partial charge in [0.1, 0.15) is 0 Å². The number of fused-ring (bicyclic) bond motifs is 1. The quantitative estimate of drug-likeness (QED) is 0.496. The lowest BCUT2D eigenvalue weighted by Crippen LogP contribution is -1.85. The van der Waals surface area contributed by atoms with Crippen LogP contribution in [0.2, 0.25) is 0 Å². The highest BCUT2D eigenvalue weighted by atomic mass is 79.9. The third-order valence-corrected chi connectivity index (χ3v) is 5.95. The van der Waals surface area contributed by atoms with Crippen LogP contribution in [0.1, 0.15) is 5.56 Å². The summed E-state index contributed by atoms with van der Waals surface area (Å²) in [5.74, 6) is 0.979. The first-order valence-corrected chi connectivity index (χ1v) is 8.53. The van der Waals surface area contributed by atoms with Crippen molar-refractivity contribution in [1.82, 2.24) is 0 Å². The number of hydrogen-bond acceptors (Lipinski definition) is 3. The van der Waals surface area contributed by atoms with Crippen molar-refractivity contribution in [3.63, 3.8) is 0 Å². The van der Waals surface area contributed by atoms with E-state index >= 15 is 0 Å². The molecule has 4 heteroatoms. The van der Waals surface area contributed by atoms with Gasteiger partial charge < -0.3 is 5.73 Å². The molecule has 0 atom stereocenters. The fourth-order valence-corrected chi connectivity index (χ4v) is 4.65. The highest BCUT2D eigenvalue weighted by molar-refractivity contribution is 9.10. The predicted octanol–water partition coefficient (Wildman–Crippen LogP) is 5.54. The molecule has 0 saturated carbocycles. The molecular formula is C15H12BrNS2. The van der Waals surface area contributed by atoms with Gasteiger partial charge >= 0.3 is 0 Å². The van der Waals surface area contributed by atoms with Gasteiger partial charge in [-0.1, -0.05) is 18.2 Å². The Bertz CT molecular complexity index is 721. The second kappa shape index (κ2) is 5.57. The van der Waals surface area contributed by atoms with Crippen LogP contribution in [0.4, 0.5) is 5.69 Å². The van der Waals surface area contributed by atoms with Crippen molar-refractivity contribution < 1.29 is 0 Å². The maximum atomic E-state index is 5.76. The summed E-state index contributed by atoms with van der Waals surface area (Å²) in [5.41, 5.74) is 7.94. The van der Waals surface area contributed by atoms with Crippen LogP contribution in [0.25, 0.3) is 10.1 Å². The monoisotopic (exact) mass is 349 g/mol. The molecule has 2 aromatic carbocycles. The number of thioether (sulfide) groups is 1. The van der Waals surface area contributed by atoms with E-state index in [1.165, 1.54) is 20.5 Å². The van der Waals surface area contributed by atoms with Crippen LogP contribution in [0, 0.1) is 0 Å². The maximum absolute atomic E-state index is 5.76. The molecule has 0 fully saturated rings. The smallest absolute Gasteiger partial charge is 0.0345 e. The van der Waals surface area contributed by atoms with Crippen LogP contribution < -0.4 is 5.73 Å². The zero-order valence-corrected chi connectivity index (χ0v) is 13.3. The summed E-state index contributed by atoms with van der Waals surface area (Å²) in [5, 5.41) is 3.62. The van der Waals surface area contributed by atoms with Crippen molar-refractivity contribution in [3.8, 4) is 0 Å². The second-order valence-corrected chi connectivity index (χ2v) is 7.02. The van der Waals surface area contributed by atoms with Gasteiger partial charge in [0.25, 0.3) is 0 Å². The van der Waals surface area contributed by atoms with E-state index in [4.69, 9.17) is 5.73 Å². The van der Waals surface area contributed by atoms with E-state index in [9.17, 15) is 0 Å². The average Bonchev–Trinajstić information content (AvgIpc) is 2.81. The molecule has 0 saturated heterocycles. The molecule has 0 aliphatic heterocycles. The number of anilines is 1. The molecule has 0 radical (unpaired) electrons. The van der Waals surface area contributed by atoms with Crippen molar-refractivity contribution in [2.45, 2.75) is 10.6 Å². The van der Waals surface area contributed by atoms with Crippen molar-refractivity contribution in [2.75, 3.05) is 5.73 Å². The van der Waals surface area contributed by atoms with Crippen molar-refractivity contribution >= 4 is 54.8 Å². The average molecular weight is 350 g/mol. The van der Waals surface area contributed by atoms with E-state index in [1.807, 2.05) is 35.2 Å². The van der Waals surface area contributed by atoms with Crippen molar-refractivity contribution in [1.29, 1.82) is 0 Å². The Hall–Kier alpha value is -0.970. The first kappa shape index (κ1) is 13.0. The highest BCUT2D eigenvalue weighted by Crippen LogP contribution is 2.34. The summed E-state index contributed by atoms with van der Waals surface area (Å²) in [4.78, 5) is 1.23. The fraction of sp³-hybridized carbons (Fsp3) is 0.0667. The molecule has 0 amide bonds. The summed E-state index contributed by atoms with van der Waals surface area (Å²) < 4.78 is 2.42. The molecule has 0 bridgehead atoms. The number of nitrogens with two attached hydrogens (primary N) is 1. The Morgan fingerprint density at radius 2 is 2.00 bits per heavy atom. The minimum atomic E-state index is 0.789. The number of rotatable bonds is 3. The Morgan fingerprint density at radius 1 is 1.16 bits per heavy atom. The molecular weight excluding hydrogens is 338 g/mol. The van der Waals surface area contributed by atoms with Gasteiger partial charge in [-0.15, -0.1) is 23.1 Å². The first-order chi connectivity index (χ1) is 9.24. The minimum Gasteiger partial charge on any atom is -0.399 e. The Balaban J connectivity index is 1.82. The summed E-state index contributed by atoms with van der Waals surface area (Å²) in [7, 11) is 0. The standard InChI is InChI=1S/C15H12BrNS2/c16-13-7-11(17)5-6-15(13)19-9-10-8-18-14-4-2-1-3-12(10)14/h1-8H,9,17H2. The lowest BCUT2D eigenvalue weighted by molar-refractivity contribution is 1.38. The van der Waals surface area contributed by atoms with E-state index in [0.717, 1.165) is 15.9 Å². The van der Waals surface area contributed by atoms with Crippen LogP contribution in [0.3, 0.4) is 0 Å². The molecule has 19 heavy (non-hydrogen) atoms. The van der Waals surface area contributed by atoms with Gasteiger partial charge in [-0.25, -0.2) is 0 Å². The topological polar surface area (TPSA) is 26.0 Å². The van der Waals surface area contributed by atoms with Gasteiger partial charge in [0.05, 0.1) is 0 Å². The Morgan fingerprint density at radius 3 is 2.84 bits per heavy atom. The summed E-state index contributed by atoms with van der Waals surface area (Å²) >= 11 is 7.21. The van der Waals surface area contributed by atoms with E-state index in [-0.39, 0.29) is 0 Å². The van der Waals surface area contributed by atoms with Gasteiger partial charge in [0.2, 0.25) is 0 Å². The molecule has 1 aromatic heterocycles. The third-order valence-electron chi connectivity index (χ3n) is 2.90. The first-order valence-electron chi connectivity index (χ1n) is 5.87. The van der Waals surface area contributed by atoms with E-state index in [0.29, 0.717) is 0 Å². The summed E-state index contributed by atoms with van der Waals surface area (Å²) in [6, 6.07) is 14.5. The molecule has 0 unspecified atom stereocenters. The molecule has 3 aromatic rings. The SMILES string of the molecule is Nc1ccc(SCc2csc3ccccc23)c(Br)c1. The zero-order chi connectivity index (χ0) is 13.2. The van der Waals surface area contributed by atoms with Crippen molar-refractivity contribution in [2.24, 2.45) is 0 Å². The molecule has 3 rings (SSSR count). The lowest BCUT2D eigenvalue weighted by Gasteiger charge is -2.05. The number of nitrogen functional groups attached to an aromatic ring is 1. The zero-order valence-electron chi connectivity index (χ0n) is 10.1. The lowest BCUT2D eigenvalue weighted by atomic mass is 10.2.